The number of hydrogen-bond donors (Lipinski definition) is 2. The van der Waals surface area contributed by atoms with Crippen molar-refractivity contribution in [2.75, 3.05) is 25.5 Å². The lowest BCUT2D eigenvalue weighted by atomic mass is 10.1. The first-order chi connectivity index (χ1) is 18.1. The number of pyridine rings is 1. The average Bonchev–Trinajstić information content (AvgIpc) is 3.66. The molecule has 0 radical (unpaired) electrons. The maximum absolute atomic E-state index is 12.9. The molecule has 0 aliphatic carbocycles. The highest BCUT2D eigenvalue weighted by atomic mass is 16.5. The van der Waals surface area contributed by atoms with Gasteiger partial charge in [0.1, 0.15) is 17.1 Å². The number of likely N-dealkylation sites (tertiary alicyclic amines) is 1. The number of carbonyl (C=O) groups is 2. The van der Waals surface area contributed by atoms with E-state index >= 15 is 0 Å². The van der Waals surface area contributed by atoms with E-state index in [1.807, 2.05) is 12.3 Å². The number of nitrogens with one attached hydrogen (secondary N) is 2. The van der Waals surface area contributed by atoms with Crippen LogP contribution in [-0.4, -0.2) is 67.1 Å². The molecule has 1 aliphatic heterocycles. The molecule has 2 amide bonds. The van der Waals surface area contributed by atoms with Crippen LogP contribution in [0.4, 0.5) is 5.69 Å². The number of methoxy groups -OCH3 is 1. The molecule has 4 heterocycles. The predicted octanol–water partition coefficient (Wildman–Crippen LogP) is 3.34. The number of benzene rings is 1. The van der Waals surface area contributed by atoms with Crippen molar-refractivity contribution < 1.29 is 14.3 Å². The normalized spacial score (nSPS) is 15.3. The van der Waals surface area contributed by atoms with E-state index in [9.17, 15) is 9.59 Å². The van der Waals surface area contributed by atoms with Gasteiger partial charge in [-0.1, -0.05) is 23.9 Å². The van der Waals surface area contributed by atoms with E-state index in [0.717, 1.165) is 30.6 Å². The van der Waals surface area contributed by atoms with Gasteiger partial charge in [-0.2, -0.15) is 5.10 Å². The Morgan fingerprint density at radius 1 is 1.22 bits per heavy atom. The molecule has 11 nitrogen and oxygen atoms in total. The highest BCUT2D eigenvalue weighted by Crippen LogP contribution is 2.31. The second-order valence-electron chi connectivity index (χ2n) is 8.62. The summed E-state index contributed by atoms with van der Waals surface area (Å²) in [4.78, 5) is 31.1. The van der Waals surface area contributed by atoms with Crippen LogP contribution in [0, 0.1) is 0 Å². The summed E-state index contributed by atoms with van der Waals surface area (Å²) in [5.74, 6) is 0.0375. The zero-order valence-electron chi connectivity index (χ0n) is 20.3. The van der Waals surface area contributed by atoms with Gasteiger partial charge in [0, 0.05) is 24.8 Å². The summed E-state index contributed by atoms with van der Waals surface area (Å²) >= 11 is 0. The third-order valence-electron chi connectivity index (χ3n) is 6.27. The Kier molecular flexibility index (Phi) is 6.75. The molecule has 188 valence electrons. The van der Waals surface area contributed by atoms with E-state index < -0.39 is 0 Å². The van der Waals surface area contributed by atoms with E-state index in [-0.39, 0.29) is 23.6 Å². The van der Waals surface area contributed by atoms with E-state index in [0.29, 0.717) is 29.4 Å². The lowest BCUT2D eigenvalue weighted by molar-refractivity contribution is -0.127. The number of carbonyl (C=O) groups excluding carboxylic acids is 2. The molecule has 0 bridgehead atoms. The number of ether oxygens (including phenoxy) is 1. The third-order valence-corrected chi connectivity index (χ3v) is 6.27. The number of nitrogens with zero attached hydrogens (tertiary/aromatic N) is 6. The first-order valence-electron chi connectivity index (χ1n) is 11.9. The quantitative estimate of drug-likeness (QED) is 0.374. The molecule has 1 fully saturated rings. The fourth-order valence-corrected chi connectivity index (χ4v) is 4.34. The van der Waals surface area contributed by atoms with Crippen molar-refractivity contribution in [3.05, 3.63) is 73.2 Å². The molecular formula is C26H26N8O3. The van der Waals surface area contributed by atoms with E-state index in [2.05, 4.69) is 37.4 Å². The smallest absolute Gasteiger partial charge is 0.274 e. The summed E-state index contributed by atoms with van der Waals surface area (Å²) in [5, 5.41) is 18.3. The number of anilines is 1. The Morgan fingerprint density at radius 2 is 2.11 bits per heavy atom. The summed E-state index contributed by atoms with van der Waals surface area (Å²) in [5.41, 5.74) is 3.55. The Labute approximate surface area is 213 Å². The van der Waals surface area contributed by atoms with E-state index in [4.69, 9.17) is 4.74 Å². The minimum absolute atomic E-state index is 0.0457. The Hall–Kier alpha value is -4.80. The van der Waals surface area contributed by atoms with Crippen molar-refractivity contribution in [2.24, 2.45) is 0 Å². The monoisotopic (exact) mass is 498 g/mol. The van der Waals surface area contributed by atoms with Crippen LogP contribution >= 0.6 is 0 Å². The molecule has 11 heteroatoms. The zero-order valence-corrected chi connectivity index (χ0v) is 20.3. The van der Waals surface area contributed by atoms with E-state index in [1.165, 1.54) is 13.2 Å². The molecule has 0 unspecified atom stereocenters. The van der Waals surface area contributed by atoms with Crippen molar-refractivity contribution in [3.8, 4) is 28.4 Å². The molecule has 1 aromatic carbocycles. The van der Waals surface area contributed by atoms with Gasteiger partial charge in [0.2, 0.25) is 5.91 Å². The SMILES string of the molecule is C=CC(=O)N1CCC[C@@H](n2cc(-c3ccc(NC(=O)c4cccc(-c5ccn[nH]5)n4)c(OC)c3)nn2)C1. The number of aromatic nitrogens is 6. The highest BCUT2D eigenvalue weighted by Gasteiger charge is 2.25. The number of amides is 2. The zero-order chi connectivity index (χ0) is 25.8. The van der Waals surface area contributed by atoms with Gasteiger partial charge in [0.05, 0.1) is 36.4 Å². The van der Waals surface area contributed by atoms with Gasteiger partial charge in [-0.15, -0.1) is 5.10 Å². The average molecular weight is 499 g/mol. The van der Waals surface area contributed by atoms with Crippen molar-refractivity contribution in [2.45, 2.75) is 18.9 Å². The van der Waals surface area contributed by atoms with Crippen LogP contribution in [0.15, 0.2) is 67.5 Å². The lowest BCUT2D eigenvalue weighted by Crippen LogP contribution is -2.40. The molecule has 1 saturated heterocycles. The van der Waals surface area contributed by atoms with Gasteiger partial charge in [-0.25, -0.2) is 9.67 Å². The predicted molar refractivity (Wildman–Crippen MR) is 137 cm³/mol. The Balaban J connectivity index is 1.32. The first-order valence-corrected chi connectivity index (χ1v) is 11.9. The highest BCUT2D eigenvalue weighted by molar-refractivity contribution is 6.04. The summed E-state index contributed by atoms with van der Waals surface area (Å²) in [7, 11) is 1.54. The number of rotatable bonds is 7. The first kappa shape index (κ1) is 23.9. The Bertz CT molecular complexity index is 1430. The molecule has 3 aromatic heterocycles. The minimum Gasteiger partial charge on any atom is -0.495 e. The van der Waals surface area contributed by atoms with Gasteiger partial charge in [-0.3, -0.25) is 14.7 Å². The molecule has 5 rings (SSSR count). The van der Waals surface area contributed by atoms with Crippen molar-refractivity contribution in [3.63, 3.8) is 0 Å². The molecule has 0 saturated carbocycles. The van der Waals surface area contributed by atoms with Crippen LogP contribution in [0.1, 0.15) is 29.4 Å². The van der Waals surface area contributed by atoms with E-state index in [1.54, 1.807) is 52.2 Å². The lowest BCUT2D eigenvalue weighted by Gasteiger charge is -2.31. The second-order valence-corrected chi connectivity index (χ2v) is 8.62. The van der Waals surface area contributed by atoms with Crippen LogP contribution in [0.3, 0.4) is 0 Å². The second kappa shape index (κ2) is 10.4. The fraction of sp³-hybridized carbons (Fsp3) is 0.231. The molecular weight excluding hydrogens is 472 g/mol. The molecule has 37 heavy (non-hydrogen) atoms. The summed E-state index contributed by atoms with van der Waals surface area (Å²) in [6.45, 7) is 4.86. The van der Waals surface area contributed by atoms with Crippen LogP contribution in [0.5, 0.6) is 5.75 Å². The fourth-order valence-electron chi connectivity index (χ4n) is 4.34. The minimum atomic E-state index is -0.366. The molecule has 1 atom stereocenters. The third kappa shape index (κ3) is 5.10. The topological polar surface area (TPSA) is 131 Å². The summed E-state index contributed by atoms with van der Waals surface area (Å²) in [6.07, 6.45) is 6.63. The maximum atomic E-state index is 12.9. The largest absolute Gasteiger partial charge is 0.495 e. The maximum Gasteiger partial charge on any atom is 0.274 e. The number of aromatic amines is 1. The van der Waals surface area contributed by atoms with Gasteiger partial charge >= 0.3 is 0 Å². The van der Waals surface area contributed by atoms with Crippen LogP contribution in [-0.2, 0) is 4.79 Å². The molecule has 2 N–H and O–H groups in total. The van der Waals surface area contributed by atoms with Crippen molar-refractivity contribution in [1.29, 1.82) is 0 Å². The standard InChI is InChI=1S/C26H26N8O3/c1-3-25(35)33-13-5-6-18(15-33)34-16-23(31-32-34)17-9-10-21(24(14-17)37-2)29-26(36)22-8-4-7-19(28-22)20-11-12-27-30-20/h3-4,7-12,14,16,18H,1,5-6,13,15H2,2H3,(H,27,30)(H,29,36)/t18-/m1/s1. The van der Waals surface area contributed by atoms with Gasteiger partial charge in [0.15, 0.2) is 0 Å². The van der Waals surface area contributed by atoms with Crippen LogP contribution in [0.25, 0.3) is 22.6 Å². The van der Waals surface area contributed by atoms with Gasteiger partial charge < -0.3 is 15.0 Å². The van der Waals surface area contributed by atoms with Gasteiger partial charge in [0.25, 0.3) is 5.91 Å². The Morgan fingerprint density at radius 3 is 2.89 bits per heavy atom. The van der Waals surface area contributed by atoms with Crippen molar-refractivity contribution in [1.82, 2.24) is 35.1 Å². The van der Waals surface area contributed by atoms with Crippen LogP contribution in [0.2, 0.25) is 0 Å². The van der Waals surface area contributed by atoms with Crippen LogP contribution < -0.4 is 10.1 Å². The number of H-pyrrole nitrogens is 1. The number of piperidine rings is 1. The summed E-state index contributed by atoms with van der Waals surface area (Å²) < 4.78 is 7.35. The molecule has 0 spiro atoms. The summed E-state index contributed by atoms with van der Waals surface area (Å²) in [6, 6.07) is 12.4. The van der Waals surface area contributed by atoms with Gasteiger partial charge in [-0.05, 0) is 49.2 Å². The van der Waals surface area contributed by atoms with Crippen molar-refractivity contribution >= 4 is 17.5 Å². The number of hydrogen-bond acceptors (Lipinski definition) is 7. The molecule has 4 aromatic rings. The molecule has 1 aliphatic rings.